The van der Waals surface area contributed by atoms with Crippen LogP contribution in [0.3, 0.4) is 0 Å². The molecular formula is C22H27N5OS2. The molecule has 0 radical (unpaired) electrons. The van der Waals surface area contributed by atoms with E-state index in [9.17, 15) is 4.79 Å². The molecule has 8 heteroatoms. The molecule has 158 valence electrons. The SMILES string of the molecule is Cc1sc2ncnc(SCC(=O)Nc3cccc(CN4CCN(C)CC4)c3)c2c1C. The molecular weight excluding hydrogens is 414 g/mol. The Kier molecular flexibility index (Phi) is 6.67. The number of likely N-dealkylation sites (N-methyl/N-ethyl adjacent to an activating group) is 1. The second kappa shape index (κ2) is 9.43. The molecule has 0 aliphatic carbocycles. The van der Waals surface area contributed by atoms with E-state index in [2.05, 4.69) is 58.1 Å². The van der Waals surface area contributed by atoms with Crippen LogP contribution < -0.4 is 5.32 Å². The molecule has 1 aliphatic heterocycles. The summed E-state index contributed by atoms with van der Waals surface area (Å²) in [6.07, 6.45) is 1.58. The third kappa shape index (κ3) is 5.00. The van der Waals surface area contributed by atoms with Gasteiger partial charge in [0.25, 0.3) is 0 Å². The molecule has 1 aliphatic rings. The Labute approximate surface area is 185 Å². The van der Waals surface area contributed by atoms with Crippen molar-refractivity contribution in [3.8, 4) is 0 Å². The zero-order valence-electron chi connectivity index (χ0n) is 17.6. The van der Waals surface area contributed by atoms with E-state index in [1.807, 2.05) is 12.1 Å². The van der Waals surface area contributed by atoms with Gasteiger partial charge >= 0.3 is 0 Å². The predicted octanol–water partition coefficient (Wildman–Crippen LogP) is 3.79. The number of benzene rings is 1. The second-order valence-corrected chi connectivity index (χ2v) is 9.93. The van der Waals surface area contributed by atoms with Crippen LogP contribution in [0.25, 0.3) is 10.2 Å². The lowest BCUT2D eigenvalue weighted by molar-refractivity contribution is -0.113. The first-order valence-corrected chi connectivity index (χ1v) is 11.9. The number of hydrogen-bond acceptors (Lipinski definition) is 7. The number of anilines is 1. The molecule has 3 aromatic rings. The van der Waals surface area contributed by atoms with Gasteiger partial charge in [0.15, 0.2) is 0 Å². The van der Waals surface area contributed by atoms with Gasteiger partial charge in [-0.1, -0.05) is 23.9 Å². The number of rotatable bonds is 6. The van der Waals surface area contributed by atoms with Crippen molar-refractivity contribution in [2.45, 2.75) is 25.4 Å². The molecule has 0 saturated carbocycles. The fraction of sp³-hybridized carbons (Fsp3) is 0.409. The Hall–Kier alpha value is -2.00. The average molecular weight is 442 g/mol. The van der Waals surface area contributed by atoms with Crippen LogP contribution in [0, 0.1) is 13.8 Å². The van der Waals surface area contributed by atoms with Gasteiger partial charge in [0.2, 0.25) is 5.91 Å². The Morgan fingerprint density at radius 2 is 2.00 bits per heavy atom. The van der Waals surface area contributed by atoms with Crippen LogP contribution in [0.1, 0.15) is 16.0 Å². The summed E-state index contributed by atoms with van der Waals surface area (Å²) in [6, 6.07) is 8.17. The maximum atomic E-state index is 12.6. The van der Waals surface area contributed by atoms with Gasteiger partial charge in [-0.2, -0.15) is 0 Å². The van der Waals surface area contributed by atoms with Crippen molar-refractivity contribution >= 4 is 44.9 Å². The van der Waals surface area contributed by atoms with Crippen molar-refractivity contribution in [2.24, 2.45) is 0 Å². The van der Waals surface area contributed by atoms with Crippen LogP contribution in [0.4, 0.5) is 5.69 Å². The molecule has 0 atom stereocenters. The van der Waals surface area contributed by atoms with Gasteiger partial charge in [-0.3, -0.25) is 9.69 Å². The minimum absolute atomic E-state index is 0.0203. The van der Waals surface area contributed by atoms with E-state index >= 15 is 0 Å². The maximum absolute atomic E-state index is 12.6. The van der Waals surface area contributed by atoms with Gasteiger partial charge in [0.1, 0.15) is 16.2 Å². The van der Waals surface area contributed by atoms with Gasteiger partial charge in [0.05, 0.1) is 5.75 Å². The number of aromatic nitrogens is 2. The predicted molar refractivity (Wildman–Crippen MR) is 125 cm³/mol. The number of hydrogen-bond donors (Lipinski definition) is 1. The summed E-state index contributed by atoms with van der Waals surface area (Å²) in [4.78, 5) is 28.4. The van der Waals surface area contributed by atoms with Crippen molar-refractivity contribution in [3.63, 3.8) is 0 Å². The first kappa shape index (κ1) is 21.2. The third-order valence-electron chi connectivity index (χ3n) is 5.48. The highest BCUT2D eigenvalue weighted by Gasteiger charge is 2.15. The smallest absolute Gasteiger partial charge is 0.234 e. The number of amides is 1. The molecule has 0 unspecified atom stereocenters. The average Bonchev–Trinajstić information content (AvgIpc) is 3.03. The number of piperazine rings is 1. The molecule has 4 rings (SSSR count). The quantitative estimate of drug-likeness (QED) is 0.464. The number of carbonyl (C=O) groups excluding carboxylic acids is 1. The standard InChI is InChI=1S/C22H27N5OS2/c1-15-16(2)30-22-20(15)21(23-14-24-22)29-13-19(28)25-18-6-4-5-17(11-18)12-27-9-7-26(3)8-10-27/h4-6,11,14H,7-10,12-13H2,1-3H3,(H,25,28). The fourth-order valence-corrected chi connectivity index (χ4v) is 5.52. The summed E-state index contributed by atoms with van der Waals surface area (Å²) in [5, 5.41) is 4.99. The molecule has 1 saturated heterocycles. The van der Waals surface area contributed by atoms with Crippen LogP contribution in [0.2, 0.25) is 0 Å². The minimum atomic E-state index is -0.0203. The molecule has 3 heterocycles. The van der Waals surface area contributed by atoms with Crippen molar-refractivity contribution in [3.05, 3.63) is 46.6 Å². The second-order valence-electron chi connectivity index (χ2n) is 7.76. The zero-order chi connectivity index (χ0) is 21.1. The van der Waals surface area contributed by atoms with E-state index in [4.69, 9.17) is 0 Å². The van der Waals surface area contributed by atoms with Gasteiger partial charge in [-0.15, -0.1) is 11.3 Å². The lowest BCUT2D eigenvalue weighted by Crippen LogP contribution is -2.43. The molecule has 1 amide bonds. The van der Waals surface area contributed by atoms with Gasteiger partial charge in [-0.05, 0) is 44.2 Å². The Balaban J connectivity index is 1.36. The van der Waals surface area contributed by atoms with E-state index < -0.39 is 0 Å². The van der Waals surface area contributed by atoms with Crippen molar-refractivity contribution < 1.29 is 4.79 Å². The van der Waals surface area contributed by atoms with Gasteiger partial charge in [0, 0.05) is 48.7 Å². The maximum Gasteiger partial charge on any atom is 0.234 e. The minimum Gasteiger partial charge on any atom is -0.325 e. The van der Waals surface area contributed by atoms with E-state index in [0.717, 1.165) is 53.7 Å². The first-order valence-electron chi connectivity index (χ1n) is 10.1. The summed E-state index contributed by atoms with van der Waals surface area (Å²) >= 11 is 3.14. The molecule has 1 aromatic carbocycles. The van der Waals surface area contributed by atoms with E-state index in [1.54, 1.807) is 17.7 Å². The number of thiophene rings is 1. The van der Waals surface area contributed by atoms with E-state index in [-0.39, 0.29) is 5.91 Å². The highest BCUT2D eigenvalue weighted by Crippen LogP contribution is 2.34. The highest BCUT2D eigenvalue weighted by atomic mass is 32.2. The largest absolute Gasteiger partial charge is 0.325 e. The number of nitrogens with zero attached hydrogens (tertiary/aromatic N) is 4. The number of fused-ring (bicyclic) bond motifs is 1. The molecule has 1 N–H and O–H groups in total. The normalized spacial score (nSPS) is 15.6. The van der Waals surface area contributed by atoms with Crippen LogP contribution >= 0.6 is 23.1 Å². The van der Waals surface area contributed by atoms with Crippen LogP contribution in [0.15, 0.2) is 35.6 Å². The zero-order valence-corrected chi connectivity index (χ0v) is 19.3. The van der Waals surface area contributed by atoms with Crippen LogP contribution in [-0.2, 0) is 11.3 Å². The Morgan fingerprint density at radius 3 is 2.80 bits per heavy atom. The molecule has 1 fully saturated rings. The van der Waals surface area contributed by atoms with Gasteiger partial charge in [-0.25, -0.2) is 9.97 Å². The topological polar surface area (TPSA) is 61.4 Å². The van der Waals surface area contributed by atoms with E-state index in [0.29, 0.717) is 5.75 Å². The first-order chi connectivity index (χ1) is 14.5. The molecule has 30 heavy (non-hydrogen) atoms. The van der Waals surface area contributed by atoms with E-state index in [1.165, 1.54) is 27.8 Å². The van der Waals surface area contributed by atoms with Crippen LogP contribution in [0.5, 0.6) is 0 Å². The lowest BCUT2D eigenvalue weighted by Gasteiger charge is -2.32. The molecule has 2 aromatic heterocycles. The van der Waals surface area contributed by atoms with Crippen molar-refractivity contribution in [1.29, 1.82) is 0 Å². The van der Waals surface area contributed by atoms with Gasteiger partial charge < -0.3 is 10.2 Å². The summed E-state index contributed by atoms with van der Waals surface area (Å²) in [5.41, 5.74) is 3.28. The van der Waals surface area contributed by atoms with Crippen LogP contribution in [-0.4, -0.2) is 64.7 Å². The highest BCUT2D eigenvalue weighted by molar-refractivity contribution is 8.00. The summed E-state index contributed by atoms with van der Waals surface area (Å²) in [6.45, 7) is 9.48. The molecule has 0 bridgehead atoms. The van der Waals surface area contributed by atoms with Crippen molar-refractivity contribution in [1.82, 2.24) is 19.8 Å². The monoisotopic (exact) mass is 441 g/mol. The molecule has 0 spiro atoms. The number of nitrogens with one attached hydrogen (secondary N) is 1. The number of aryl methyl sites for hydroxylation is 2. The Bertz CT molecular complexity index is 1040. The summed E-state index contributed by atoms with van der Waals surface area (Å²) in [7, 11) is 2.17. The molecule has 6 nitrogen and oxygen atoms in total. The summed E-state index contributed by atoms with van der Waals surface area (Å²) in [5.74, 6) is 0.302. The number of carbonyl (C=O) groups is 1. The van der Waals surface area contributed by atoms with Crippen molar-refractivity contribution in [2.75, 3.05) is 44.3 Å². The Morgan fingerprint density at radius 1 is 1.20 bits per heavy atom. The lowest BCUT2D eigenvalue weighted by atomic mass is 10.1. The summed E-state index contributed by atoms with van der Waals surface area (Å²) < 4.78 is 0. The fourth-order valence-electron chi connectivity index (χ4n) is 3.60. The number of thioether (sulfide) groups is 1. The third-order valence-corrected chi connectivity index (χ3v) is 7.59.